The monoisotopic (exact) mass is 511 g/mol. The predicted octanol–water partition coefficient (Wildman–Crippen LogP) is 3.32. The van der Waals surface area contributed by atoms with E-state index in [1.165, 1.54) is 6.33 Å². The molecule has 0 saturated carbocycles. The first-order valence-corrected chi connectivity index (χ1v) is 14.6. The van der Waals surface area contributed by atoms with E-state index in [4.69, 9.17) is 19.7 Å². The normalized spacial score (nSPS) is 21.6. The third-order valence-corrected chi connectivity index (χ3v) is 8.46. The summed E-state index contributed by atoms with van der Waals surface area (Å²) in [6, 6.07) is 9.82. The van der Waals surface area contributed by atoms with Gasteiger partial charge in [0, 0.05) is 11.5 Å². The van der Waals surface area contributed by atoms with Crippen LogP contribution in [0.5, 0.6) is 0 Å². The van der Waals surface area contributed by atoms with Gasteiger partial charge >= 0.3 is 7.60 Å². The van der Waals surface area contributed by atoms with Crippen LogP contribution in [0.3, 0.4) is 0 Å². The molecule has 1 aliphatic heterocycles. The number of hydrogen-bond acceptors (Lipinski definition) is 10. The highest BCUT2D eigenvalue weighted by Crippen LogP contribution is 2.47. The smallest absolute Gasteiger partial charge is 0.353 e. The van der Waals surface area contributed by atoms with E-state index >= 15 is 0 Å². The van der Waals surface area contributed by atoms with Gasteiger partial charge in [-0.3, -0.25) is 4.57 Å². The molecule has 0 aliphatic carbocycles. The van der Waals surface area contributed by atoms with Crippen molar-refractivity contribution in [2.24, 2.45) is 0 Å². The summed E-state index contributed by atoms with van der Waals surface area (Å²) in [4.78, 5) is 22.8. The van der Waals surface area contributed by atoms with Crippen LogP contribution in [-0.4, -0.2) is 60.6 Å². The lowest BCUT2D eigenvalue weighted by Crippen LogP contribution is -2.37. The van der Waals surface area contributed by atoms with Gasteiger partial charge in [-0.25, -0.2) is 15.0 Å². The second-order valence-electron chi connectivity index (χ2n) is 7.62. The first-order valence-electron chi connectivity index (χ1n) is 10.3. The maximum absolute atomic E-state index is 12.7. The van der Waals surface area contributed by atoms with Gasteiger partial charge in [-0.2, -0.15) is 0 Å². The Balaban J connectivity index is 1.29. The number of benzene rings is 1. The second kappa shape index (κ2) is 11.2. The zero-order chi connectivity index (χ0) is 23.3. The summed E-state index contributed by atoms with van der Waals surface area (Å²) in [5.41, 5.74) is 7.95. The van der Waals surface area contributed by atoms with E-state index in [-0.39, 0.29) is 12.2 Å². The van der Waals surface area contributed by atoms with Gasteiger partial charge in [-0.1, -0.05) is 51.9 Å². The third-order valence-electron chi connectivity index (χ3n) is 4.98. The van der Waals surface area contributed by atoms with E-state index in [0.717, 1.165) is 5.56 Å². The van der Waals surface area contributed by atoms with E-state index in [1.54, 1.807) is 39.4 Å². The first-order chi connectivity index (χ1) is 15.9. The number of hydrogen-bond donors (Lipinski definition) is 2. The molecule has 1 aliphatic rings. The molecule has 3 aromatic rings. The molecule has 13 heteroatoms. The lowest BCUT2D eigenvalue weighted by molar-refractivity contribution is -0.0200. The molecule has 33 heavy (non-hydrogen) atoms. The Morgan fingerprint density at radius 1 is 1.21 bits per heavy atom. The van der Waals surface area contributed by atoms with Gasteiger partial charge in [0.15, 0.2) is 11.5 Å². The lowest BCUT2D eigenvalue weighted by Gasteiger charge is -2.31. The number of nitrogen functional groups attached to an aromatic ring is 1. The minimum atomic E-state index is -3.99. The summed E-state index contributed by atoms with van der Waals surface area (Å²) >= 11 is 0. The number of nitrogens with zero attached hydrogens (tertiary/aromatic N) is 4. The van der Waals surface area contributed by atoms with Gasteiger partial charge in [-0.05, 0) is 12.5 Å². The Hall–Kier alpha value is -1.66. The van der Waals surface area contributed by atoms with Crippen LogP contribution in [0.1, 0.15) is 12.5 Å². The van der Waals surface area contributed by atoms with Crippen LogP contribution in [-0.2, 0) is 31.7 Å². The summed E-state index contributed by atoms with van der Waals surface area (Å²) < 4.78 is 31.8. The van der Waals surface area contributed by atoms with Crippen LogP contribution >= 0.6 is 29.2 Å². The van der Waals surface area contributed by atoms with Crippen molar-refractivity contribution in [3.05, 3.63) is 48.5 Å². The molecule has 0 amide bonds. The molecular weight excluding hydrogens is 485 g/mol. The number of fused-ring (bicyclic) bond motifs is 1. The van der Waals surface area contributed by atoms with Crippen molar-refractivity contribution in [2.45, 2.75) is 38.4 Å². The van der Waals surface area contributed by atoms with Gasteiger partial charge < -0.3 is 29.2 Å². The summed E-state index contributed by atoms with van der Waals surface area (Å²) in [6.07, 6.45) is 1.38. The largest absolute Gasteiger partial charge is 0.382 e. The molecule has 3 N–H and O–H groups in total. The average Bonchev–Trinajstić information content (AvgIpc) is 3.22. The lowest BCUT2D eigenvalue weighted by atomic mass is 10.2. The molecule has 1 saturated heterocycles. The van der Waals surface area contributed by atoms with Crippen molar-refractivity contribution in [1.82, 2.24) is 19.5 Å². The van der Waals surface area contributed by atoms with E-state index < -0.39 is 20.0 Å². The minimum absolute atomic E-state index is 0.281. The zero-order valence-corrected chi connectivity index (χ0v) is 20.5. The maximum Gasteiger partial charge on any atom is 0.353 e. The third kappa shape index (κ3) is 6.69. The molecule has 4 atom stereocenters. The first kappa shape index (κ1) is 24.5. The number of imidazole rings is 1. The number of anilines is 1. The van der Waals surface area contributed by atoms with Gasteiger partial charge in [0.05, 0.1) is 31.7 Å². The van der Waals surface area contributed by atoms with E-state index in [2.05, 4.69) is 15.0 Å². The van der Waals surface area contributed by atoms with Crippen molar-refractivity contribution in [3.8, 4) is 0 Å². The van der Waals surface area contributed by atoms with Crippen molar-refractivity contribution in [2.75, 3.05) is 23.6 Å². The van der Waals surface area contributed by atoms with Crippen LogP contribution in [0.15, 0.2) is 43.0 Å². The molecule has 1 unspecified atom stereocenters. The quantitative estimate of drug-likeness (QED) is 0.306. The highest BCUT2D eigenvalue weighted by Gasteiger charge is 2.34. The molecule has 4 rings (SSSR count). The number of ether oxygens (including phenoxy) is 2. The van der Waals surface area contributed by atoms with Gasteiger partial charge in [0.25, 0.3) is 0 Å². The molecule has 1 fully saturated rings. The molecule has 10 nitrogen and oxygen atoms in total. The van der Waals surface area contributed by atoms with E-state index in [0.29, 0.717) is 41.6 Å². The standard InChI is InChI=1S/C20H26N5O5PS2/c1-14(7-25-12-24-18-19(21)22-11-23-20(18)25)29-13-31(26,27)30-17-10-33-32-9-16(17)28-8-15-5-3-2-4-6-15/h2-6,11-12,14,16-17H,7-10,13H2,1H3,(H,26,27)(H2,21,22,23)/t14-,16-,17+/m1/s1. The summed E-state index contributed by atoms with van der Waals surface area (Å²) in [5.74, 6) is 1.54. The molecule has 0 bridgehead atoms. The molecule has 0 spiro atoms. The minimum Gasteiger partial charge on any atom is -0.382 e. The fourth-order valence-electron chi connectivity index (χ4n) is 3.30. The van der Waals surface area contributed by atoms with Gasteiger partial charge in [0.2, 0.25) is 0 Å². The highest BCUT2D eigenvalue weighted by atomic mass is 33.1. The van der Waals surface area contributed by atoms with Crippen molar-refractivity contribution < 1.29 is 23.5 Å². The average molecular weight is 512 g/mol. The molecule has 3 heterocycles. The van der Waals surface area contributed by atoms with E-state index in [9.17, 15) is 9.46 Å². The summed E-state index contributed by atoms with van der Waals surface area (Å²) in [7, 11) is -0.713. The van der Waals surface area contributed by atoms with Crippen molar-refractivity contribution >= 4 is 46.2 Å². The number of nitrogens with two attached hydrogens (primary N) is 1. The van der Waals surface area contributed by atoms with Crippen LogP contribution in [0, 0.1) is 0 Å². The topological polar surface area (TPSA) is 135 Å². The van der Waals surface area contributed by atoms with Crippen LogP contribution in [0.25, 0.3) is 11.2 Å². The Kier molecular flexibility index (Phi) is 8.29. The molecule has 1 aromatic carbocycles. The Morgan fingerprint density at radius 3 is 2.76 bits per heavy atom. The number of aromatic nitrogens is 4. The predicted molar refractivity (Wildman–Crippen MR) is 130 cm³/mol. The van der Waals surface area contributed by atoms with Crippen molar-refractivity contribution in [3.63, 3.8) is 0 Å². The number of rotatable bonds is 10. The summed E-state index contributed by atoms with van der Waals surface area (Å²) in [6.45, 7) is 2.60. The molecular formula is C20H26N5O5PS2. The fraction of sp³-hybridized carbons (Fsp3) is 0.450. The Morgan fingerprint density at radius 2 is 1.97 bits per heavy atom. The summed E-state index contributed by atoms with van der Waals surface area (Å²) in [5, 5.41) is 0. The molecule has 178 valence electrons. The Bertz CT molecular complexity index is 1100. The van der Waals surface area contributed by atoms with Gasteiger partial charge in [0.1, 0.15) is 24.3 Å². The SMILES string of the molecule is C[C@H](Cn1cnc2c(N)ncnc21)OCP(=O)(O)O[C@H]1CSSC[C@H]1OCc1ccccc1. The van der Waals surface area contributed by atoms with Crippen LogP contribution < -0.4 is 5.73 Å². The molecule has 0 radical (unpaired) electrons. The van der Waals surface area contributed by atoms with Crippen molar-refractivity contribution in [1.29, 1.82) is 0 Å². The van der Waals surface area contributed by atoms with Crippen LogP contribution in [0.4, 0.5) is 5.82 Å². The zero-order valence-electron chi connectivity index (χ0n) is 18.0. The maximum atomic E-state index is 12.7. The highest BCUT2D eigenvalue weighted by molar-refractivity contribution is 8.76. The fourth-order valence-corrected chi connectivity index (χ4v) is 6.98. The second-order valence-corrected chi connectivity index (χ2v) is 11.9. The van der Waals surface area contributed by atoms with Crippen LogP contribution in [0.2, 0.25) is 0 Å². The van der Waals surface area contributed by atoms with Gasteiger partial charge in [-0.15, -0.1) is 0 Å². The Labute approximate surface area is 199 Å². The van der Waals surface area contributed by atoms with E-state index in [1.807, 2.05) is 30.3 Å². The molecule has 2 aromatic heterocycles.